The fraction of sp³-hybridized carbons (Fsp3) is 0.118. The number of aryl methyl sites for hydroxylation is 1. The molecule has 0 unspecified atom stereocenters. The number of fused-ring (bicyclic) bond motifs is 1. The Morgan fingerprint density at radius 2 is 1.86 bits per heavy atom. The zero-order valence-electron chi connectivity index (χ0n) is 13.0. The van der Waals surface area contributed by atoms with Gasteiger partial charge >= 0.3 is 30.2 Å². The molecule has 0 atom stereocenters. The van der Waals surface area contributed by atoms with Crippen LogP contribution in [0.1, 0.15) is 12.0 Å². The first-order chi connectivity index (χ1) is 8.77. The van der Waals surface area contributed by atoms with Gasteiger partial charge in [-0.3, -0.25) is 6.08 Å². The van der Waals surface area contributed by atoms with E-state index in [0.29, 0.717) is 0 Å². The molecule has 0 saturated heterocycles. The number of halogens is 3. The molecule has 0 spiro atoms. The van der Waals surface area contributed by atoms with Crippen molar-refractivity contribution < 1.29 is 23.3 Å². The molecule has 1 aliphatic carbocycles. The van der Waals surface area contributed by atoms with Gasteiger partial charge in [-0.2, -0.15) is 12.1 Å². The summed E-state index contributed by atoms with van der Waals surface area (Å²) < 4.78 is 1.18. The quantitative estimate of drug-likeness (QED) is 0.166. The minimum atomic E-state index is 0. The van der Waals surface area contributed by atoms with Crippen molar-refractivity contribution in [2.45, 2.75) is 13.3 Å². The SMILES string of the molecule is Cc1cc2c(Br)cccc2[cH-]1.I.I.[C-]1=CC=CC1.[CH3-].[CH3-].[Si]=[Zr]. The van der Waals surface area contributed by atoms with Crippen LogP contribution in [-0.2, 0) is 23.3 Å². The number of benzene rings is 1. The van der Waals surface area contributed by atoms with Crippen molar-refractivity contribution in [1.82, 2.24) is 0 Å². The average Bonchev–Trinajstić information content (AvgIpc) is 3.03. The van der Waals surface area contributed by atoms with Crippen molar-refractivity contribution in [2.24, 2.45) is 0 Å². The topological polar surface area (TPSA) is 0 Å². The summed E-state index contributed by atoms with van der Waals surface area (Å²) >= 11 is 4.87. The van der Waals surface area contributed by atoms with Gasteiger partial charge in [-0.05, 0) is 4.47 Å². The van der Waals surface area contributed by atoms with Gasteiger partial charge in [0.1, 0.15) is 0 Å². The summed E-state index contributed by atoms with van der Waals surface area (Å²) in [5.74, 6) is 0. The molecule has 0 bridgehead atoms. The van der Waals surface area contributed by atoms with Gasteiger partial charge in [0.15, 0.2) is 0 Å². The van der Waals surface area contributed by atoms with Gasteiger partial charge < -0.3 is 14.9 Å². The molecule has 22 heavy (non-hydrogen) atoms. The normalized spacial score (nSPS) is 9.50. The minimum absolute atomic E-state index is 0. The van der Waals surface area contributed by atoms with E-state index in [2.05, 4.69) is 72.2 Å². The van der Waals surface area contributed by atoms with Gasteiger partial charge in [0.25, 0.3) is 0 Å². The van der Waals surface area contributed by atoms with Crippen LogP contribution in [0.2, 0.25) is 0 Å². The summed E-state index contributed by atoms with van der Waals surface area (Å²) in [5, 5.41) is 2.63. The van der Waals surface area contributed by atoms with Gasteiger partial charge in [0.05, 0.1) is 0 Å². The number of hydrogen-bond donors (Lipinski definition) is 0. The monoisotopic (exact) mass is 676 g/mol. The van der Waals surface area contributed by atoms with E-state index < -0.39 is 0 Å². The fourth-order valence-electron chi connectivity index (χ4n) is 1.69. The fourth-order valence-corrected chi connectivity index (χ4v) is 2.18. The van der Waals surface area contributed by atoms with Crippen molar-refractivity contribution in [1.29, 1.82) is 0 Å². The number of allylic oxidation sites excluding steroid dienone is 4. The second kappa shape index (κ2) is 18.7. The van der Waals surface area contributed by atoms with Crippen LogP contribution in [-0.4, -0.2) is 6.88 Å². The Morgan fingerprint density at radius 3 is 2.27 bits per heavy atom. The second-order valence-corrected chi connectivity index (χ2v) is 4.63. The van der Waals surface area contributed by atoms with E-state index in [-0.39, 0.29) is 62.8 Å². The molecule has 0 amide bonds. The summed E-state index contributed by atoms with van der Waals surface area (Å²) in [5.41, 5.74) is 1.33. The van der Waals surface area contributed by atoms with E-state index in [1.807, 2.05) is 12.2 Å². The standard InChI is InChI=1S/C10H8Br.C5H5.2CH3.2HI.Si.Zr/c1-7-5-8-3-2-4-10(11)9(8)6-7;1-2-4-5-3-1;;;;;;/h2-6H,1H3;1-3H,4H2;2*1H3;2*1H;;/q4*-1;;;;. The molecule has 0 heterocycles. The van der Waals surface area contributed by atoms with Crippen molar-refractivity contribution >= 4 is 81.5 Å². The first kappa shape index (κ1) is 31.2. The van der Waals surface area contributed by atoms with E-state index in [1.165, 1.54) is 44.1 Å². The molecule has 2 aromatic rings. The molecule has 3 rings (SSSR count). The maximum absolute atomic E-state index is 3.51. The Labute approximate surface area is 195 Å². The van der Waals surface area contributed by atoms with Crippen molar-refractivity contribution in [3.63, 3.8) is 0 Å². The number of hydrogen-bond acceptors (Lipinski definition) is 0. The van der Waals surface area contributed by atoms with Crippen LogP contribution in [0.15, 0.2) is 53.0 Å². The summed E-state index contributed by atoms with van der Waals surface area (Å²) in [4.78, 5) is 0. The Morgan fingerprint density at radius 1 is 1.23 bits per heavy atom. The molecular formula is C17H21BrI2SiZr-4. The third-order valence-corrected chi connectivity index (χ3v) is 3.12. The molecule has 5 heteroatoms. The predicted molar refractivity (Wildman–Crippen MR) is 123 cm³/mol. The van der Waals surface area contributed by atoms with Gasteiger partial charge in [-0.15, -0.1) is 88.9 Å². The van der Waals surface area contributed by atoms with Crippen LogP contribution in [0.25, 0.3) is 10.8 Å². The Balaban J connectivity index is -0.000000129. The first-order valence-electron chi connectivity index (χ1n) is 5.55. The average molecular weight is 678 g/mol. The van der Waals surface area contributed by atoms with E-state index in [4.69, 9.17) is 0 Å². The summed E-state index contributed by atoms with van der Waals surface area (Å²) in [7, 11) is 0. The third-order valence-electron chi connectivity index (χ3n) is 2.43. The third kappa shape index (κ3) is 11.0. The zero-order valence-corrected chi connectivity index (χ0v) is 22.7. The molecule has 0 saturated carbocycles. The van der Waals surface area contributed by atoms with E-state index in [1.54, 1.807) is 0 Å². The molecule has 2 aromatic carbocycles. The van der Waals surface area contributed by atoms with E-state index in [0.717, 1.165) is 6.42 Å². The summed E-state index contributed by atoms with van der Waals surface area (Å²) in [6, 6.07) is 10.7. The van der Waals surface area contributed by atoms with Crippen LogP contribution in [0.5, 0.6) is 0 Å². The zero-order chi connectivity index (χ0) is 13.4. The predicted octanol–water partition coefficient (Wildman–Crippen LogP) is 6.69. The van der Waals surface area contributed by atoms with Crippen LogP contribution < -0.4 is 0 Å². The van der Waals surface area contributed by atoms with Crippen LogP contribution in [0, 0.1) is 27.9 Å². The van der Waals surface area contributed by atoms with Crippen molar-refractivity contribution in [3.05, 3.63) is 79.5 Å². The maximum atomic E-state index is 3.51. The Bertz CT molecular complexity index is 555. The molecule has 0 fully saturated rings. The van der Waals surface area contributed by atoms with Crippen LogP contribution in [0.4, 0.5) is 0 Å². The van der Waals surface area contributed by atoms with E-state index >= 15 is 0 Å². The second-order valence-electron chi connectivity index (χ2n) is 3.78. The Hall–Kier alpha value is 1.35. The van der Waals surface area contributed by atoms with Gasteiger partial charge in [0.2, 0.25) is 0 Å². The van der Waals surface area contributed by atoms with Gasteiger partial charge in [-0.25, -0.2) is 12.2 Å². The van der Waals surface area contributed by atoms with Gasteiger partial charge in [-0.1, -0.05) is 28.9 Å². The summed E-state index contributed by atoms with van der Waals surface area (Å²) in [6.07, 6.45) is 10.0. The summed E-state index contributed by atoms with van der Waals surface area (Å²) in [6.45, 7) is 5.18. The molecule has 2 radical (unpaired) electrons. The molecule has 122 valence electrons. The number of rotatable bonds is 0. The molecular weight excluding hydrogens is 657 g/mol. The molecule has 0 N–H and O–H groups in total. The molecule has 0 aliphatic heterocycles. The van der Waals surface area contributed by atoms with E-state index in [9.17, 15) is 0 Å². The van der Waals surface area contributed by atoms with Crippen molar-refractivity contribution in [2.75, 3.05) is 0 Å². The molecule has 0 nitrogen and oxygen atoms in total. The first-order valence-corrected chi connectivity index (χ1v) is 10.5. The van der Waals surface area contributed by atoms with Gasteiger partial charge in [0, 0.05) is 0 Å². The Kier molecular flexibility index (Phi) is 26.5. The molecule has 1 aliphatic rings. The van der Waals surface area contributed by atoms with Crippen LogP contribution in [0.3, 0.4) is 0 Å². The van der Waals surface area contributed by atoms with Crippen molar-refractivity contribution in [3.8, 4) is 0 Å². The molecule has 0 aromatic heterocycles. The van der Waals surface area contributed by atoms with Crippen LogP contribution >= 0.6 is 63.9 Å².